The van der Waals surface area contributed by atoms with Gasteiger partial charge in [0.2, 0.25) is 0 Å². The van der Waals surface area contributed by atoms with Gasteiger partial charge < -0.3 is 14.5 Å². The molecule has 2 aromatic rings. The fourth-order valence-corrected chi connectivity index (χ4v) is 2.23. The summed E-state index contributed by atoms with van der Waals surface area (Å²) in [7, 11) is 0. The number of carbonyl (C=O) groups excluding carboxylic acids is 1. The molecule has 0 aliphatic carbocycles. The van der Waals surface area contributed by atoms with E-state index in [9.17, 15) is 4.79 Å². The Kier molecular flexibility index (Phi) is 2.80. The number of furan rings is 1. The van der Waals surface area contributed by atoms with Crippen LogP contribution in [0.1, 0.15) is 22.5 Å². The van der Waals surface area contributed by atoms with Crippen LogP contribution >= 0.6 is 0 Å². The summed E-state index contributed by atoms with van der Waals surface area (Å²) in [6, 6.07) is 7.56. The third-order valence-corrected chi connectivity index (χ3v) is 3.17. The number of nitrogens with one attached hydrogen (secondary N) is 1. The first kappa shape index (κ1) is 11.3. The number of aryl methyl sites for hydroxylation is 1. The summed E-state index contributed by atoms with van der Waals surface area (Å²) in [6.07, 6.45) is 0.888. The quantitative estimate of drug-likeness (QED) is 0.883. The largest absolute Gasteiger partial charge is 0.461 e. The molecule has 1 amide bonds. The number of ether oxygens (including phenoxy) is 1. The summed E-state index contributed by atoms with van der Waals surface area (Å²) < 4.78 is 10.7. The third-order valence-electron chi connectivity index (χ3n) is 3.17. The van der Waals surface area contributed by atoms with E-state index in [0.717, 1.165) is 29.8 Å². The van der Waals surface area contributed by atoms with Gasteiger partial charge in [-0.1, -0.05) is 0 Å². The second-order valence-electron chi connectivity index (χ2n) is 4.64. The summed E-state index contributed by atoms with van der Waals surface area (Å²) in [5, 5.41) is 3.93. The molecule has 1 N–H and O–H groups in total. The molecule has 18 heavy (non-hydrogen) atoms. The highest BCUT2D eigenvalue weighted by Crippen LogP contribution is 2.20. The minimum Gasteiger partial charge on any atom is -0.461 e. The molecular formula is C14H15NO3. The Morgan fingerprint density at radius 3 is 3.06 bits per heavy atom. The van der Waals surface area contributed by atoms with Gasteiger partial charge in [0.05, 0.1) is 12.6 Å². The maximum atomic E-state index is 12.1. The fraction of sp³-hybridized carbons (Fsp3) is 0.357. The molecule has 0 bridgehead atoms. The summed E-state index contributed by atoms with van der Waals surface area (Å²) in [6.45, 7) is 3.24. The van der Waals surface area contributed by atoms with E-state index in [1.165, 1.54) is 0 Å². The number of hydrogen-bond donors (Lipinski definition) is 1. The number of benzene rings is 1. The second-order valence-corrected chi connectivity index (χ2v) is 4.64. The normalized spacial score (nSPS) is 19.3. The van der Waals surface area contributed by atoms with Gasteiger partial charge in [-0.05, 0) is 37.6 Å². The SMILES string of the molecule is Cc1cc2cc(C(=O)N[C@H]3CCOC3)ccc2o1. The molecule has 4 nitrogen and oxygen atoms in total. The lowest BCUT2D eigenvalue weighted by atomic mass is 10.1. The van der Waals surface area contributed by atoms with Crippen molar-refractivity contribution in [3.05, 3.63) is 35.6 Å². The molecule has 1 aliphatic rings. The van der Waals surface area contributed by atoms with Gasteiger partial charge in [-0.25, -0.2) is 0 Å². The molecule has 0 unspecified atom stereocenters. The lowest BCUT2D eigenvalue weighted by Crippen LogP contribution is -2.34. The van der Waals surface area contributed by atoms with Crippen LogP contribution in [-0.4, -0.2) is 25.2 Å². The summed E-state index contributed by atoms with van der Waals surface area (Å²) in [5.74, 6) is 0.804. The number of fused-ring (bicyclic) bond motifs is 1. The summed E-state index contributed by atoms with van der Waals surface area (Å²) in [5.41, 5.74) is 1.48. The van der Waals surface area contributed by atoms with Gasteiger partial charge in [0, 0.05) is 17.6 Å². The molecule has 0 saturated carbocycles. The molecule has 1 aromatic heterocycles. The molecule has 94 valence electrons. The van der Waals surface area contributed by atoms with Crippen molar-refractivity contribution in [3.63, 3.8) is 0 Å². The van der Waals surface area contributed by atoms with E-state index in [-0.39, 0.29) is 11.9 Å². The third kappa shape index (κ3) is 2.11. The fourth-order valence-electron chi connectivity index (χ4n) is 2.23. The average Bonchev–Trinajstić information content (AvgIpc) is 2.95. The van der Waals surface area contributed by atoms with Gasteiger partial charge in [-0.3, -0.25) is 4.79 Å². The van der Waals surface area contributed by atoms with Gasteiger partial charge in [0.25, 0.3) is 5.91 Å². The van der Waals surface area contributed by atoms with Gasteiger partial charge in [0.15, 0.2) is 0 Å². The van der Waals surface area contributed by atoms with Gasteiger partial charge in [-0.15, -0.1) is 0 Å². The highest BCUT2D eigenvalue weighted by Gasteiger charge is 2.18. The number of amides is 1. The maximum Gasteiger partial charge on any atom is 0.251 e. The molecule has 1 saturated heterocycles. The van der Waals surface area contributed by atoms with Gasteiger partial charge in [-0.2, -0.15) is 0 Å². The first-order valence-electron chi connectivity index (χ1n) is 6.11. The van der Waals surface area contributed by atoms with Crippen molar-refractivity contribution in [1.29, 1.82) is 0 Å². The van der Waals surface area contributed by atoms with Crippen molar-refractivity contribution in [1.82, 2.24) is 5.32 Å². The van der Waals surface area contributed by atoms with E-state index < -0.39 is 0 Å². The van der Waals surface area contributed by atoms with Crippen LogP contribution in [0.4, 0.5) is 0 Å². The van der Waals surface area contributed by atoms with E-state index in [4.69, 9.17) is 9.15 Å². The Labute approximate surface area is 105 Å². The second kappa shape index (κ2) is 4.46. The molecule has 0 spiro atoms. The van der Waals surface area contributed by atoms with Crippen molar-refractivity contribution in [2.24, 2.45) is 0 Å². The van der Waals surface area contributed by atoms with Crippen molar-refractivity contribution in [3.8, 4) is 0 Å². The van der Waals surface area contributed by atoms with E-state index >= 15 is 0 Å². The standard InChI is InChI=1S/C14H15NO3/c1-9-6-11-7-10(2-3-13(11)18-9)14(16)15-12-4-5-17-8-12/h2-3,6-7,12H,4-5,8H2,1H3,(H,15,16)/t12-/m0/s1. The Morgan fingerprint density at radius 2 is 2.28 bits per heavy atom. The average molecular weight is 245 g/mol. The van der Waals surface area contributed by atoms with Gasteiger partial charge in [0.1, 0.15) is 11.3 Å². The molecule has 1 atom stereocenters. The van der Waals surface area contributed by atoms with Crippen LogP contribution < -0.4 is 5.32 Å². The molecule has 1 fully saturated rings. The lowest BCUT2D eigenvalue weighted by molar-refractivity contribution is 0.0930. The lowest BCUT2D eigenvalue weighted by Gasteiger charge is -2.10. The first-order valence-corrected chi connectivity index (χ1v) is 6.11. The van der Waals surface area contributed by atoms with Crippen LogP contribution in [0, 0.1) is 6.92 Å². The highest BCUT2D eigenvalue weighted by atomic mass is 16.5. The Bertz CT molecular complexity index is 582. The van der Waals surface area contributed by atoms with Crippen LogP contribution in [-0.2, 0) is 4.74 Å². The van der Waals surface area contributed by atoms with E-state index in [2.05, 4.69) is 5.32 Å². The smallest absolute Gasteiger partial charge is 0.251 e. The zero-order valence-corrected chi connectivity index (χ0v) is 10.2. The Morgan fingerprint density at radius 1 is 1.39 bits per heavy atom. The van der Waals surface area contributed by atoms with Crippen LogP contribution in [0.5, 0.6) is 0 Å². The molecule has 1 aliphatic heterocycles. The van der Waals surface area contributed by atoms with Crippen LogP contribution in [0.2, 0.25) is 0 Å². The molecule has 4 heteroatoms. The van der Waals surface area contributed by atoms with E-state index in [1.54, 1.807) is 6.07 Å². The van der Waals surface area contributed by atoms with Crippen LogP contribution in [0.3, 0.4) is 0 Å². The minimum atomic E-state index is -0.0498. The molecule has 2 heterocycles. The van der Waals surface area contributed by atoms with E-state index in [1.807, 2.05) is 25.1 Å². The summed E-state index contributed by atoms with van der Waals surface area (Å²) >= 11 is 0. The van der Waals surface area contributed by atoms with Gasteiger partial charge >= 0.3 is 0 Å². The monoisotopic (exact) mass is 245 g/mol. The van der Waals surface area contributed by atoms with Crippen molar-refractivity contribution >= 4 is 16.9 Å². The summed E-state index contributed by atoms with van der Waals surface area (Å²) in [4.78, 5) is 12.1. The predicted octanol–water partition coefficient (Wildman–Crippen LogP) is 2.26. The zero-order valence-electron chi connectivity index (χ0n) is 10.2. The van der Waals surface area contributed by atoms with Crippen molar-refractivity contribution in [2.75, 3.05) is 13.2 Å². The van der Waals surface area contributed by atoms with Crippen LogP contribution in [0.15, 0.2) is 28.7 Å². The zero-order chi connectivity index (χ0) is 12.5. The molecule has 1 aromatic carbocycles. The number of rotatable bonds is 2. The highest BCUT2D eigenvalue weighted by molar-refractivity contribution is 5.98. The van der Waals surface area contributed by atoms with E-state index in [0.29, 0.717) is 12.2 Å². The Balaban J connectivity index is 1.81. The van der Waals surface area contributed by atoms with Crippen LogP contribution in [0.25, 0.3) is 11.0 Å². The Hall–Kier alpha value is -1.81. The maximum absolute atomic E-state index is 12.1. The van der Waals surface area contributed by atoms with Crippen molar-refractivity contribution < 1.29 is 13.9 Å². The predicted molar refractivity (Wildman–Crippen MR) is 67.6 cm³/mol. The van der Waals surface area contributed by atoms with Crippen molar-refractivity contribution in [2.45, 2.75) is 19.4 Å². The first-order chi connectivity index (χ1) is 8.72. The molecule has 3 rings (SSSR count). The molecular weight excluding hydrogens is 230 g/mol. The number of carbonyl (C=O) groups is 1. The molecule has 0 radical (unpaired) electrons. The topological polar surface area (TPSA) is 51.5 Å². The minimum absolute atomic E-state index is 0.0498. The number of hydrogen-bond acceptors (Lipinski definition) is 3.